The number of ether oxygens (including phenoxy) is 1. The molecule has 1 aromatic carbocycles. The summed E-state index contributed by atoms with van der Waals surface area (Å²) in [6, 6.07) is 10.1. The van der Waals surface area contributed by atoms with Gasteiger partial charge in [0.05, 0.1) is 24.8 Å². The highest BCUT2D eigenvalue weighted by Gasteiger charge is 2.34. The van der Waals surface area contributed by atoms with E-state index in [-0.39, 0.29) is 23.7 Å². The van der Waals surface area contributed by atoms with Gasteiger partial charge in [0, 0.05) is 59.2 Å². The number of rotatable bonds is 5. The number of aromatic nitrogens is 3. The molecule has 3 aliphatic heterocycles. The number of nitrogens with one attached hydrogen (secondary N) is 3. The highest BCUT2D eigenvalue weighted by molar-refractivity contribution is 5.90. The van der Waals surface area contributed by atoms with Gasteiger partial charge in [0.2, 0.25) is 5.95 Å². The number of phenols is 1. The van der Waals surface area contributed by atoms with Crippen LogP contribution in [-0.4, -0.2) is 63.7 Å². The van der Waals surface area contributed by atoms with Crippen LogP contribution in [0.1, 0.15) is 85.5 Å². The highest BCUT2D eigenvalue weighted by Crippen LogP contribution is 2.41. The average Bonchev–Trinajstić information content (AvgIpc) is 3.44. The third-order valence-electron chi connectivity index (χ3n) is 10.1. The van der Waals surface area contributed by atoms with Gasteiger partial charge in [-0.25, -0.2) is 9.97 Å². The maximum absolute atomic E-state index is 11.9. The van der Waals surface area contributed by atoms with Crippen LogP contribution in [-0.2, 0) is 16.0 Å². The Morgan fingerprint density at radius 1 is 1.02 bits per heavy atom. The second-order valence-electron chi connectivity index (χ2n) is 12.4. The van der Waals surface area contributed by atoms with Gasteiger partial charge >= 0.3 is 5.97 Å². The number of hydrogen-bond acceptors (Lipinski definition) is 9. The van der Waals surface area contributed by atoms with Gasteiger partial charge in [0.1, 0.15) is 11.6 Å². The number of anilines is 2. The molecular weight excluding hydrogens is 542 g/mol. The molecule has 10 nitrogen and oxygen atoms in total. The van der Waals surface area contributed by atoms with E-state index in [0.717, 1.165) is 98.9 Å². The number of esters is 1. The van der Waals surface area contributed by atoms with Crippen LogP contribution in [0.4, 0.5) is 11.8 Å². The first kappa shape index (κ1) is 27.8. The molecule has 0 radical (unpaired) electrons. The van der Waals surface area contributed by atoms with Crippen molar-refractivity contribution in [1.29, 1.82) is 0 Å². The minimum Gasteiger partial charge on any atom is -0.507 e. The van der Waals surface area contributed by atoms with Crippen molar-refractivity contribution in [3.05, 3.63) is 64.6 Å². The lowest BCUT2D eigenvalue weighted by Crippen LogP contribution is -2.43. The zero-order valence-electron chi connectivity index (χ0n) is 25.0. The van der Waals surface area contributed by atoms with E-state index in [0.29, 0.717) is 12.0 Å². The Labute approximate surface area is 252 Å². The van der Waals surface area contributed by atoms with Gasteiger partial charge < -0.3 is 24.6 Å². The van der Waals surface area contributed by atoms with Gasteiger partial charge in [-0.1, -0.05) is 12.1 Å². The summed E-state index contributed by atoms with van der Waals surface area (Å²) >= 11 is 0. The van der Waals surface area contributed by atoms with E-state index in [4.69, 9.17) is 14.7 Å². The smallest absolute Gasteiger partial charge is 0.308 e. The fraction of sp³-hybridized carbons (Fsp3) is 0.485. The third kappa shape index (κ3) is 5.22. The predicted octanol–water partition coefficient (Wildman–Crippen LogP) is 4.97. The lowest BCUT2D eigenvalue weighted by atomic mass is 9.83. The molecule has 0 amide bonds. The number of likely N-dealkylation sites (tertiary alicyclic amines) is 1. The van der Waals surface area contributed by atoms with E-state index >= 15 is 0 Å². The van der Waals surface area contributed by atoms with Crippen molar-refractivity contribution in [2.45, 2.75) is 69.9 Å². The first-order valence-corrected chi connectivity index (χ1v) is 15.7. The number of nitrogens with zero attached hydrogens (tertiary/aromatic N) is 4. The molecule has 3 aromatic rings. The number of hydrazine groups is 1. The Hall–Kier alpha value is -4.05. The maximum atomic E-state index is 11.9. The zero-order valence-corrected chi connectivity index (χ0v) is 25.0. The van der Waals surface area contributed by atoms with E-state index in [1.54, 1.807) is 6.07 Å². The summed E-state index contributed by atoms with van der Waals surface area (Å²) < 4.78 is 4.97. The molecule has 1 atom stereocenters. The molecule has 7 rings (SSSR count). The van der Waals surface area contributed by atoms with Crippen LogP contribution in [0.5, 0.6) is 5.75 Å². The van der Waals surface area contributed by atoms with Crippen molar-refractivity contribution in [2.24, 2.45) is 5.92 Å². The minimum absolute atomic E-state index is 0.0466. The summed E-state index contributed by atoms with van der Waals surface area (Å²) in [6.45, 7) is 5.21. The summed E-state index contributed by atoms with van der Waals surface area (Å²) in [5.41, 5.74) is 12.8. The fourth-order valence-corrected chi connectivity index (χ4v) is 7.65. The van der Waals surface area contributed by atoms with Crippen molar-refractivity contribution in [2.75, 3.05) is 37.1 Å². The van der Waals surface area contributed by atoms with Crippen LogP contribution in [0, 0.1) is 5.92 Å². The van der Waals surface area contributed by atoms with Crippen molar-refractivity contribution in [3.63, 3.8) is 0 Å². The predicted molar refractivity (Wildman–Crippen MR) is 166 cm³/mol. The number of benzene rings is 1. The highest BCUT2D eigenvalue weighted by atomic mass is 16.5. The number of fused-ring (bicyclic) bond motifs is 3. The Bertz CT molecular complexity index is 1520. The number of aromatic amines is 1. The molecular formula is C33H41N7O3. The summed E-state index contributed by atoms with van der Waals surface area (Å²) in [7, 11) is 1.50. The summed E-state index contributed by atoms with van der Waals surface area (Å²) in [6.07, 6.45) is 11.1. The molecule has 1 saturated heterocycles. The standard InChI is InChI=1S/C33H41N7O3/c1-20-30-25-19-28(24-5-3-4-6-29(24)41)37-38-31(25)35-27(30)14-18-40(20)33-34-15-11-26(36-33)21-12-16-39(17-13-21)23-9-7-22(8-10-23)32(42)43-2/h3-6,11,15,19-23,35,37-38,41H,7-10,12-14,16-18H2,1-2H3/t20-,22?,23?/m0/s1. The molecule has 2 fully saturated rings. The molecule has 10 heteroatoms. The Morgan fingerprint density at radius 3 is 2.58 bits per heavy atom. The summed E-state index contributed by atoms with van der Waals surface area (Å²) in [5.74, 6) is 2.44. The molecule has 43 heavy (non-hydrogen) atoms. The second-order valence-corrected chi connectivity index (χ2v) is 12.4. The quantitative estimate of drug-likeness (QED) is 0.309. The van der Waals surface area contributed by atoms with Gasteiger partial charge in [-0.2, -0.15) is 0 Å². The largest absolute Gasteiger partial charge is 0.507 e. The van der Waals surface area contributed by atoms with Crippen LogP contribution in [0.15, 0.2) is 36.5 Å². The van der Waals surface area contributed by atoms with Gasteiger partial charge in [-0.3, -0.25) is 15.6 Å². The maximum Gasteiger partial charge on any atom is 0.308 e. The average molecular weight is 584 g/mol. The van der Waals surface area contributed by atoms with Crippen molar-refractivity contribution in [1.82, 2.24) is 25.3 Å². The topological polar surface area (TPSA) is 119 Å². The first-order chi connectivity index (χ1) is 21.0. The SMILES string of the molecule is COC(=O)C1CCC(N2CCC(c3ccnc(N4CCc5[nH]c6c(c5[C@@H]4C)C=C(c4ccccc4O)NN6)n3)CC2)CC1. The number of carbonyl (C=O) groups excluding carboxylic acids is 1. The number of H-pyrrole nitrogens is 1. The van der Waals surface area contributed by atoms with Crippen LogP contribution in [0.3, 0.4) is 0 Å². The van der Waals surface area contributed by atoms with Crippen molar-refractivity contribution < 1.29 is 14.6 Å². The second kappa shape index (κ2) is 11.6. The third-order valence-corrected chi connectivity index (χ3v) is 10.1. The van der Waals surface area contributed by atoms with Gasteiger partial charge in [-0.05, 0) is 82.8 Å². The van der Waals surface area contributed by atoms with Gasteiger partial charge in [-0.15, -0.1) is 0 Å². The lowest BCUT2D eigenvalue weighted by Gasteiger charge is -2.40. The fourth-order valence-electron chi connectivity index (χ4n) is 7.65. The molecule has 5 heterocycles. The van der Waals surface area contributed by atoms with Crippen LogP contribution in [0.2, 0.25) is 0 Å². The Kier molecular flexibility index (Phi) is 7.46. The Balaban J connectivity index is 1.04. The molecule has 0 unspecified atom stereocenters. The number of phenolic OH excluding ortho intramolecular Hbond substituents is 1. The van der Waals surface area contributed by atoms with E-state index in [1.807, 2.05) is 24.4 Å². The molecule has 0 bridgehead atoms. The summed E-state index contributed by atoms with van der Waals surface area (Å²) in [4.78, 5) is 30.4. The number of piperidine rings is 1. The zero-order chi connectivity index (χ0) is 29.5. The lowest BCUT2D eigenvalue weighted by molar-refractivity contribution is -0.147. The monoisotopic (exact) mass is 583 g/mol. The molecule has 226 valence electrons. The molecule has 2 aromatic heterocycles. The number of aromatic hydroxyl groups is 1. The van der Waals surface area contributed by atoms with Crippen LogP contribution in [0.25, 0.3) is 11.8 Å². The molecule has 1 aliphatic carbocycles. The van der Waals surface area contributed by atoms with E-state index in [2.05, 4.69) is 44.7 Å². The van der Waals surface area contributed by atoms with Crippen molar-refractivity contribution in [3.8, 4) is 5.75 Å². The van der Waals surface area contributed by atoms with Crippen LogP contribution >= 0.6 is 0 Å². The van der Waals surface area contributed by atoms with E-state index in [9.17, 15) is 9.90 Å². The van der Waals surface area contributed by atoms with Gasteiger partial charge in [0.15, 0.2) is 0 Å². The number of methoxy groups -OCH3 is 1. The van der Waals surface area contributed by atoms with E-state index in [1.165, 1.54) is 18.4 Å². The number of carbonyl (C=O) groups is 1. The van der Waals surface area contributed by atoms with Crippen molar-refractivity contribution >= 4 is 29.5 Å². The van der Waals surface area contributed by atoms with E-state index < -0.39 is 0 Å². The minimum atomic E-state index is -0.0466. The molecule has 1 saturated carbocycles. The van der Waals surface area contributed by atoms with Gasteiger partial charge in [0.25, 0.3) is 0 Å². The number of hydrogen-bond donors (Lipinski definition) is 4. The molecule has 0 spiro atoms. The van der Waals surface area contributed by atoms with Crippen LogP contribution < -0.4 is 15.8 Å². The Morgan fingerprint density at radius 2 is 1.81 bits per heavy atom. The summed E-state index contributed by atoms with van der Waals surface area (Å²) in [5, 5.41) is 10.4. The molecule has 4 N–H and O–H groups in total. The normalized spacial score (nSPS) is 24.3. The number of para-hydroxylation sites is 1. The first-order valence-electron chi connectivity index (χ1n) is 15.7. The molecule has 4 aliphatic rings.